The molecule has 0 saturated carbocycles. The Morgan fingerprint density at radius 3 is 1.44 bits per heavy atom. The zero-order valence-corrected chi connectivity index (χ0v) is 37.3. The number of benzene rings is 6. The molecule has 0 fully saturated rings. The monoisotopic (exact) mass is 1010 g/mol. The predicted molar refractivity (Wildman–Crippen MR) is 289 cm³/mol. The maximum absolute atomic E-state index is 10.5. The number of carbonyl (C=O) groups is 2. The first-order chi connectivity index (χ1) is 32.2. The molecule has 0 atom stereocenters. The number of hydrogen-bond donors (Lipinski definition) is 2. The summed E-state index contributed by atoms with van der Waals surface area (Å²) in [6.07, 6.45) is 5.59. The molecule has 0 radical (unpaired) electrons. The highest BCUT2D eigenvalue weighted by Crippen LogP contribution is 2.27. The van der Waals surface area contributed by atoms with Crippen LogP contribution in [0.4, 0.5) is 17.3 Å². The maximum Gasteiger partial charge on any atom is 0.311 e. The lowest BCUT2D eigenvalue weighted by atomic mass is 10.1. The zero-order chi connectivity index (χ0) is 46.8. The first kappa shape index (κ1) is 59.7. The van der Waals surface area contributed by atoms with Gasteiger partial charge in [-0.25, -0.2) is 15.0 Å². The van der Waals surface area contributed by atoms with Gasteiger partial charge in [-0.15, -0.1) is 0 Å². The Balaban J connectivity index is 0.000000459. The van der Waals surface area contributed by atoms with E-state index < -0.39 is 4.92 Å². The number of fused-ring (bicyclic) bond motifs is 1. The fraction of sp³-hybridized carbons (Fsp3) is 0.140. The van der Waals surface area contributed by atoms with Crippen molar-refractivity contribution in [3.8, 4) is 17.2 Å². The molecule has 13 heteroatoms. The van der Waals surface area contributed by atoms with Crippen LogP contribution in [-0.4, -0.2) is 38.3 Å². The molecule has 12 nitrogen and oxygen atoms in total. The van der Waals surface area contributed by atoms with Gasteiger partial charge in [0.05, 0.1) is 10.6 Å². The van der Waals surface area contributed by atoms with Gasteiger partial charge in [0, 0.05) is 46.9 Å². The van der Waals surface area contributed by atoms with E-state index in [1.165, 1.54) is 47.2 Å². The second kappa shape index (κ2) is 33.2. The van der Waals surface area contributed by atoms with Crippen molar-refractivity contribution in [2.75, 3.05) is 5.73 Å². The minimum atomic E-state index is -0.567. The molecule has 3 heterocycles. The van der Waals surface area contributed by atoms with Crippen LogP contribution in [0.15, 0.2) is 205 Å². The third-order valence-electron chi connectivity index (χ3n) is 9.21. The number of phenols is 1. The zero-order valence-electron chi connectivity index (χ0n) is 35.7. The van der Waals surface area contributed by atoms with Crippen LogP contribution in [0, 0.1) is 10.1 Å². The third kappa shape index (κ3) is 20.7. The minimum absolute atomic E-state index is 0. The molecule has 0 unspecified atom stereocenters. The van der Waals surface area contributed by atoms with E-state index in [-0.39, 0.29) is 47.0 Å². The Kier molecular flexibility index (Phi) is 28.4. The number of aldehydes is 2. The highest BCUT2D eigenvalue weighted by Gasteiger charge is 2.16. The molecule has 0 bridgehead atoms. The van der Waals surface area contributed by atoms with Crippen LogP contribution in [0.5, 0.6) is 17.2 Å². The van der Waals surface area contributed by atoms with Gasteiger partial charge < -0.3 is 20.3 Å². The Morgan fingerprint density at radius 2 is 1.03 bits per heavy atom. The van der Waals surface area contributed by atoms with Crippen LogP contribution in [-0.2, 0) is 25.0 Å². The number of nitrogens with zero attached hydrogens (tertiary/aromatic N) is 4. The van der Waals surface area contributed by atoms with E-state index in [9.17, 15) is 19.7 Å². The summed E-state index contributed by atoms with van der Waals surface area (Å²) in [6, 6.07) is 58.5. The Bertz CT molecular complexity index is 2730. The highest BCUT2D eigenvalue weighted by molar-refractivity contribution is 9.08. The average molecular weight is 1010 g/mol. The number of hydrogen-bond acceptors (Lipinski definition) is 11. The van der Waals surface area contributed by atoms with Gasteiger partial charge in [0.1, 0.15) is 43.0 Å². The van der Waals surface area contributed by atoms with Crippen LogP contribution >= 0.6 is 15.9 Å². The summed E-state index contributed by atoms with van der Waals surface area (Å²) in [6.45, 7) is 1.12. The summed E-state index contributed by atoms with van der Waals surface area (Å²) >= 11 is 3.36. The Morgan fingerprint density at radius 1 is 0.586 bits per heavy atom. The number of carbonyl (C=O) groups excluding carboxylic acids is 2. The Labute approximate surface area is 420 Å². The van der Waals surface area contributed by atoms with E-state index >= 15 is 0 Å². The number of aromatic hydroxyl groups is 1. The van der Waals surface area contributed by atoms with Gasteiger partial charge in [0.2, 0.25) is 5.82 Å². The number of nitro groups is 1. The number of aliphatic imine (C=N–C) groups is 1. The number of aromatic nitrogens is 2. The summed E-state index contributed by atoms with van der Waals surface area (Å²) in [5, 5.41) is 19.8. The lowest BCUT2D eigenvalue weighted by Crippen LogP contribution is -2.00. The molecule has 9 rings (SSSR count). The topological polar surface area (TPSA) is 180 Å². The molecule has 0 spiro atoms. The van der Waals surface area contributed by atoms with Crippen LogP contribution in [0.1, 0.15) is 78.2 Å². The molecule has 364 valence electrons. The molecule has 0 saturated heterocycles. The standard InChI is InChI=1S/C20H16N2O.C14H12O2.C7H7Br.C7H6O2.C5H5N3O2.4CH4/c1-2-5-15(6-3-1)14-23-18-10-8-16(9-11-18)19-13-17-7-4-12-21-20(17)22-19;15-10-12-6-8-14(9-7-12)16-11-13-4-2-1-3-5-13;8-6-7-4-2-1-3-5-7;8-5-6-1-3-7(9)4-2-6;6-5-4(8(9)10)2-1-3-7-5;;;;/h1-12H,13-14H2;1-10H,11H2;1-5H,6H2;1-5,9H;1-3H,(H2,6,7);4*1H4. The fourth-order valence-electron chi connectivity index (χ4n) is 5.73. The number of ether oxygens (including phenoxy) is 2. The van der Waals surface area contributed by atoms with Crippen molar-refractivity contribution >= 4 is 51.5 Å². The second-order valence-electron chi connectivity index (χ2n) is 14.0. The molecule has 6 aromatic carbocycles. The smallest absolute Gasteiger partial charge is 0.311 e. The van der Waals surface area contributed by atoms with Crippen LogP contribution < -0.4 is 15.2 Å². The summed E-state index contributed by atoms with van der Waals surface area (Å²) < 4.78 is 11.4. The minimum Gasteiger partial charge on any atom is -0.508 e. The van der Waals surface area contributed by atoms with Crippen LogP contribution in [0.3, 0.4) is 0 Å². The predicted octanol–water partition coefficient (Wildman–Crippen LogP) is 14.3. The largest absolute Gasteiger partial charge is 0.508 e. The van der Waals surface area contributed by atoms with Crippen molar-refractivity contribution in [2.45, 2.75) is 54.7 Å². The van der Waals surface area contributed by atoms with Gasteiger partial charge in [-0.05, 0) is 107 Å². The molecular formula is C57H62BrN5O7. The highest BCUT2D eigenvalue weighted by atomic mass is 79.9. The molecule has 8 aromatic rings. The lowest BCUT2D eigenvalue weighted by Gasteiger charge is -2.07. The summed E-state index contributed by atoms with van der Waals surface area (Å²) in [7, 11) is 0. The summed E-state index contributed by atoms with van der Waals surface area (Å²) in [5.74, 6) is 2.61. The van der Waals surface area contributed by atoms with E-state index in [4.69, 9.17) is 20.3 Å². The van der Waals surface area contributed by atoms with E-state index in [1.807, 2.05) is 84.9 Å². The first-order valence-corrected chi connectivity index (χ1v) is 21.6. The molecule has 0 amide bonds. The average Bonchev–Trinajstić information content (AvgIpc) is 3.82. The summed E-state index contributed by atoms with van der Waals surface area (Å²) in [4.78, 5) is 42.5. The van der Waals surface area contributed by atoms with Crippen molar-refractivity contribution in [1.29, 1.82) is 0 Å². The SMILES string of the molecule is BrCc1ccccc1.C.C.C.C.Nc1ncccc1[N+](=O)[O-].O=Cc1ccc(O)cc1.O=Cc1ccc(OCc2ccccc2)cc1.c1ccc(COc2ccc(C3=Nc4ncccc4C3)cc2)cc1. The van der Waals surface area contributed by atoms with Crippen molar-refractivity contribution in [3.05, 3.63) is 250 Å². The number of alkyl halides is 1. The maximum atomic E-state index is 10.5. The van der Waals surface area contributed by atoms with E-state index in [0.717, 1.165) is 58.5 Å². The van der Waals surface area contributed by atoms with Gasteiger partial charge in [0.25, 0.3) is 0 Å². The fourth-order valence-corrected chi connectivity index (χ4v) is 6.11. The van der Waals surface area contributed by atoms with Gasteiger partial charge in [-0.1, -0.05) is 143 Å². The molecule has 70 heavy (non-hydrogen) atoms. The number of pyridine rings is 2. The molecule has 0 aliphatic carbocycles. The molecule has 1 aliphatic rings. The quantitative estimate of drug-likeness (QED) is 0.0548. The second-order valence-corrected chi connectivity index (χ2v) is 14.5. The molecule has 1 aliphatic heterocycles. The number of phenolic OH excluding ortho intramolecular Hbond substituents is 1. The van der Waals surface area contributed by atoms with Gasteiger partial charge in [-0.2, -0.15) is 0 Å². The third-order valence-corrected chi connectivity index (χ3v) is 9.85. The van der Waals surface area contributed by atoms with Crippen LogP contribution in [0.25, 0.3) is 0 Å². The summed E-state index contributed by atoms with van der Waals surface area (Å²) in [5.41, 5.74) is 13.2. The lowest BCUT2D eigenvalue weighted by molar-refractivity contribution is -0.384. The van der Waals surface area contributed by atoms with Crippen molar-refractivity contribution in [1.82, 2.24) is 9.97 Å². The molecule has 2 aromatic heterocycles. The van der Waals surface area contributed by atoms with Crippen molar-refractivity contribution in [3.63, 3.8) is 0 Å². The van der Waals surface area contributed by atoms with E-state index in [0.29, 0.717) is 24.3 Å². The van der Waals surface area contributed by atoms with Gasteiger partial charge in [-0.3, -0.25) is 19.7 Å². The van der Waals surface area contributed by atoms with Gasteiger partial charge in [0.15, 0.2) is 5.82 Å². The van der Waals surface area contributed by atoms with Gasteiger partial charge >= 0.3 is 5.69 Å². The number of anilines is 1. The number of rotatable bonds is 11. The number of halogens is 1. The van der Waals surface area contributed by atoms with E-state index in [1.54, 1.807) is 42.6 Å². The first-order valence-electron chi connectivity index (χ1n) is 20.4. The number of nitrogens with two attached hydrogens (primary N) is 1. The van der Waals surface area contributed by atoms with Crippen molar-refractivity contribution in [2.24, 2.45) is 4.99 Å². The Hall–Kier alpha value is -8.29. The van der Waals surface area contributed by atoms with Crippen molar-refractivity contribution < 1.29 is 29.1 Å². The molecule has 3 N–H and O–H groups in total. The molecular weight excluding hydrogens is 947 g/mol. The van der Waals surface area contributed by atoms with Crippen LogP contribution in [0.2, 0.25) is 0 Å². The number of nitrogen functional groups attached to an aromatic ring is 1. The van der Waals surface area contributed by atoms with E-state index in [2.05, 4.69) is 73.4 Å². The normalized spacial score (nSPS) is 9.87.